The molecule has 0 aliphatic rings. The average molecular weight is 253 g/mol. The molecule has 0 bridgehead atoms. The molecule has 4 nitrogen and oxygen atoms in total. The highest BCUT2D eigenvalue weighted by molar-refractivity contribution is 6.17. The first kappa shape index (κ1) is 11.9. The van der Waals surface area contributed by atoms with Crippen molar-refractivity contribution in [2.75, 3.05) is 12.5 Å². The Morgan fingerprint density at radius 1 is 1.18 bits per heavy atom. The number of hydrogen-bond donors (Lipinski definition) is 0. The van der Waals surface area contributed by atoms with Crippen molar-refractivity contribution in [1.82, 2.24) is 10.1 Å². The van der Waals surface area contributed by atoms with Crippen molar-refractivity contribution >= 4 is 11.6 Å². The van der Waals surface area contributed by atoms with Gasteiger partial charge in [0.1, 0.15) is 5.75 Å². The van der Waals surface area contributed by atoms with E-state index in [1.165, 1.54) is 0 Å². The van der Waals surface area contributed by atoms with Gasteiger partial charge in [-0.15, -0.1) is 11.6 Å². The number of rotatable bonds is 6. The van der Waals surface area contributed by atoms with Crippen LogP contribution in [0.4, 0.5) is 0 Å². The first-order valence-electron chi connectivity index (χ1n) is 5.44. The molecule has 90 valence electrons. The van der Waals surface area contributed by atoms with Crippen LogP contribution in [0.1, 0.15) is 11.7 Å². The Bertz CT molecular complexity index is 445. The lowest BCUT2D eigenvalue weighted by atomic mass is 10.3. The van der Waals surface area contributed by atoms with Crippen LogP contribution in [0.15, 0.2) is 34.9 Å². The highest BCUT2D eigenvalue weighted by Crippen LogP contribution is 2.08. The fourth-order valence-corrected chi connectivity index (χ4v) is 1.51. The molecule has 0 aliphatic heterocycles. The molecular weight excluding hydrogens is 240 g/mol. The van der Waals surface area contributed by atoms with Crippen molar-refractivity contribution in [3.8, 4) is 5.75 Å². The van der Waals surface area contributed by atoms with Gasteiger partial charge < -0.3 is 9.26 Å². The van der Waals surface area contributed by atoms with E-state index in [4.69, 9.17) is 20.9 Å². The number of hydrogen-bond acceptors (Lipinski definition) is 4. The summed E-state index contributed by atoms with van der Waals surface area (Å²) in [4.78, 5) is 4.19. The lowest BCUT2D eigenvalue weighted by Crippen LogP contribution is -2.02. The smallest absolute Gasteiger partial charge is 0.227 e. The minimum absolute atomic E-state index is 0.488. The Labute approximate surface area is 105 Å². The Hall–Kier alpha value is -1.55. The lowest BCUT2D eigenvalue weighted by molar-refractivity contribution is 0.314. The summed E-state index contributed by atoms with van der Waals surface area (Å²) in [6.07, 6.45) is 1.23. The molecule has 17 heavy (non-hydrogen) atoms. The van der Waals surface area contributed by atoms with E-state index < -0.39 is 0 Å². The van der Waals surface area contributed by atoms with Crippen molar-refractivity contribution in [2.24, 2.45) is 0 Å². The Balaban J connectivity index is 1.78. The maximum atomic E-state index is 5.58. The summed E-state index contributed by atoms with van der Waals surface area (Å²) in [5, 5.41) is 3.84. The number of ether oxygens (including phenoxy) is 1. The monoisotopic (exact) mass is 252 g/mol. The van der Waals surface area contributed by atoms with Crippen LogP contribution in [0, 0.1) is 0 Å². The highest BCUT2D eigenvalue weighted by Gasteiger charge is 2.05. The van der Waals surface area contributed by atoms with Gasteiger partial charge in [0.25, 0.3) is 0 Å². The van der Waals surface area contributed by atoms with Gasteiger partial charge in [-0.2, -0.15) is 4.98 Å². The lowest BCUT2D eigenvalue weighted by Gasteiger charge is -2.02. The summed E-state index contributed by atoms with van der Waals surface area (Å²) in [5.41, 5.74) is 0. The first-order chi connectivity index (χ1) is 8.38. The average Bonchev–Trinajstić information content (AvgIpc) is 2.79. The molecule has 0 atom stereocenters. The van der Waals surface area contributed by atoms with Crippen LogP contribution >= 0.6 is 11.6 Å². The molecular formula is C12H13ClN2O2. The number of aryl methyl sites for hydroxylation is 1. The topological polar surface area (TPSA) is 48.2 Å². The Morgan fingerprint density at radius 2 is 2.00 bits per heavy atom. The summed E-state index contributed by atoms with van der Waals surface area (Å²) in [6.45, 7) is 0.532. The predicted octanol–water partition coefficient (Wildman–Crippen LogP) is 2.47. The second kappa shape index (κ2) is 6.25. The highest BCUT2D eigenvalue weighted by atomic mass is 35.5. The van der Waals surface area contributed by atoms with Gasteiger partial charge in [0.15, 0.2) is 5.82 Å². The summed E-state index contributed by atoms with van der Waals surface area (Å²) in [7, 11) is 0. The molecule has 0 unspecified atom stereocenters. The minimum atomic E-state index is 0.488. The van der Waals surface area contributed by atoms with E-state index in [0.29, 0.717) is 37.0 Å². The quantitative estimate of drug-likeness (QED) is 0.741. The zero-order chi connectivity index (χ0) is 11.9. The van der Waals surface area contributed by atoms with Crippen LogP contribution in [0.25, 0.3) is 0 Å². The Morgan fingerprint density at radius 3 is 2.76 bits per heavy atom. The van der Waals surface area contributed by atoms with Gasteiger partial charge in [-0.3, -0.25) is 0 Å². The van der Waals surface area contributed by atoms with Gasteiger partial charge >= 0.3 is 0 Å². The van der Waals surface area contributed by atoms with Gasteiger partial charge in [0.05, 0.1) is 6.61 Å². The zero-order valence-electron chi connectivity index (χ0n) is 9.30. The fourth-order valence-electron chi connectivity index (χ4n) is 1.35. The molecule has 2 rings (SSSR count). The second-order valence-electron chi connectivity index (χ2n) is 3.45. The maximum absolute atomic E-state index is 5.58. The van der Waals surface area contributed by atoms with Crippen molar-refractivity contribution in [3.63, 3.8) is 0 Å². The summed E-state index contributed by atoms with van der Waals surface area (Å²) in [5.74, 6) is 2.56. The molecule has 0 fully saturated rings. The Kier molecular flexibility index (Phi) is 4.38. The second-order valence-corrected chi connectivity index (χ2v) is 3.83. The van der Waals surface area contributed by atoms with E-state index in [1.807, 2.05) is 30.3 Å². The number of nitrogens with zero attached hydrogens (tertiary/aromatic N) is 2. The molecule has 0 spiro atoms. The SMILES string of the molecule is ClCCc1nc(CCOc2ccccc2)no1. The normalized spacial score (nSPS) is 10.4. The van der Waals surface area contributed by atoms with E-state index in [-0.39, 0.29) is 0 Å². The van der Waals surface area contributed by atoms with Crippen LogP contribution in [-0.4, -0.2) is 22.6 Å². The number of para-hydroxylation sites is 1. The van der Waals surface area contributed by atoms with Gasteiger partial charge in [-0.25, -0.2) is 0 Å². The van der Waals surface area contributed by atoms with E-state index in [0.717, 1.165) is 5.75 Å². The van der Waals surface area contributed by atoms with Crippen molar-refractivity contribution in [2.45, 2.75) is 12.8 Å². The largest absolute Gasteiger partial charge is 0.493 e. The van der Waals surface area contributed by atoms with Crippen LogP contribution in [0.5, 0.6) is 5.75 Å². The van der Waals surface area contributed by atoms with Crippen molar-refractivity contribution < 1.29 is 9.26 Å². The fraction of sp³-hybridized carbons (Fsp3) is 0.333. The molecule has 0 saturated carbocycles. The predicted molar refractivity (Wildman–Crippen MR) is 64.4 cm³/mol. The molecule has 1 aromatic carbocycles. The van der Waals surface area contributed by atoms with Crippen molar-refractivity contribution in [1.29, 1.82) is 0 Å². The number of benzene rings is 1. The number of alkyl halides is 1. The number of aromatic nitrogens is 2. The molecule has 0 radical (unpaired) electrons. The van der Waals surface area contributed by atoms with Gasteiger partial charge in [-0.1, -0.05) is 23.4 Å². The van der Waals surface area contributed by atoms with Crippen LogP contribution < -0.4 is 4.74 Å². The molecule has 2 aromatic rings. The molecule has 0 saturated heterocycles. The van der Waals surface area contributed by atoms with E-state index in [1.54, 1.807) is 0 Å². The standard InChI is InChI=1S/C12H13ClN2O2/c13-8-6-12-14-11(15-17-12)7-9-16-10-4-2-1-3-5-10/h1-5H,6-9H2. The third kappa shape index (κ3) is 3.75. The third-order valence-corrected chi connectivity index (χ3v) is 2.35. The summed E-state index contributed by atoms with van der Waals surface area (Å²) < 4.78 is 10.5. The van der Waals surface area contributed by atoms with Crippen molar-refractivity contribution in [3.05, 3.63) is 42.0 Å². The van der Waals surface area contributed by atoms with Crippen LogP contribution in [-0.2, 0) is 12.8 Å². The van der Waals surface area contributed by atoms with E-state index >= 15 is 0 Å². The van der Waals surface area contributed by atoms with Crippen LogP contribution in [0.3, 0.4) is 0 Å². The molecule has 5 heteroatoms. The zero-order valence-corrected chi connectivity index (χ0v) is 10.1. The van der Waals surface area contributed by atoms with E-state index in [2.05, 4.69) is 10.1 Å². The number of halogens is 1. The molecule has 1 heterocycles. The maximum Gasteiger partial charge on any atom is 0.227 e. The van der Waals surface area contributed by atoms with Gasteiger partial charge in [-0.05, 0) is 12.1 Å². The third-order valence-electron chi connectivity index (χ3n) is 2.16. The van der Waals surface area contributed by atoms with Gasteiger partial charge in [0, 0.05) is 18.7 Å². The van der Waals surface area contributed by atoms with E-state index in [9.17, 15) is 0 Å². The first-order valence-corrected chi connectivity index (χ1v) is 5.97. The molecule has 0 aliphatic carbocycles. The van der Waals surface area contributed by atoms with Gasteiger partial charge in [0.2, 0.25) is 5.89 Å². The summed E-state index contributed by atoms with van der Waals surface area (Å²) >= 11 is 5.58. The molecule has 0 N–H and O–H groups in total. The molecule has 1 aromatic heterocycles. The molecule has 0 amide bonds. The summed E-state index contributed by atoms with van der Waals surface area (Å²) in [6, 6.07) is 9.64. The van der Waals surface area contributed by atoms with Crippen LogP contribution in [0.2, 0.25) is 0 Å². The minimum Gasteiger partial charge on any atom is -0.493 e.